The largest absolute Gasteiger partial charge is 0.508 e. The molecule has 1 amide bonds. The maximum Gasteiger partial charge on any atom is 0.508 e. The Morgan fingerprint density at radius 2 is 2.00 bits per heavy atom. The maximum absolute atomic E-state index is 10.5. The molecule has 0 aliphatic carbocycles. The number of hydrogen-bond donors (Lipinski definition) is 2. The molecule has 70 valence electrons. The van der Waals surface area contributed by atoms with E-state index < -0.39 is 18.1 Å². The summed E-state index contributed by atoms with van der Waals surface area (Å²) in [6.07, 6.45) is -0.853. The minimum Gasteiger partial charge on any atom is -0.435 e. The van der Waals surface area contributed by atoms with Gasteiger partial charge in [-0.05, 0) is 6.92 Å². The number of amides is 1. The Hall–Kier alpha value is -1.30. The second kappa shape index (κ2) is 5.36. The van der Waals surface area contributed by atoms with Crippen molar-refractivity contribution < 1.29 is 19.1 Å². The third kappa shape index (κ3) is 4.51. The van der Waals surface area contributed by atoms with Crippen LogP contribution in [0, 0.1) is 0 Å². The minimum atomic E-state index is -0.977. The summed E-state index contributed by atoms with van der Waals surface area (Å²) in [7, 11) is 0. The molecule has 1 atom stereocenters. The van der Waals surface area contributed by atoms with Crippen LogP contribution in [-0.4, -0.2) is 31.3 Å². The van der Waals surface area contributed by atoms with Crippen molar-refractivity contribution in [1.29, 1.82) is 0 Å². The lowest BCUT2D eigenvalue weighted by Crippen LogP contribution is -2.40. The average molecular weight is 176 g/mol. The van der Waals surface area contributed by atoms with Crippen molar-refractivity contribution in [2.45, 2.75) is 13.0 Å². The van der Waals surface area contributed by atoms with E-state index in [4.69, 9.17) is 11.5 Å². The van der Waals surface area contributed by atoms with Crippen molar-refractivity contribution in [3.63, 3.8) is 0 Å². The molecule has 4 N–H and O–H groups in total. The number of ether oxygens (including phenoxy) is 2. The molecule has 0 heterocycles. The molecule has 0 aliphatic heterocycles. The molecule has 0 radical (unpaired) electrons. The fraction of sp³-hybridized carbons (Fsp3) is 0.667. The Morgan fingerprint density at radius 3 is 2.42 bits per heavy atom. The fourth-order valence-corrected chi connectivity index (χ4v) is 0.399. The predicted molar refractivity (Wildman–Crippen MR) is 40.1 cm³/mol. The highest BCUT2D eigenvalue weighted by atomic mass is 16.7. The number of carbonyl (C=O) groups excluding carboxylic acids is 2. The van der Waals surface area contributed by atoms with Crippen LogP contribution in [0.25, 0.3) is 0 Å². The lowest BCUT2D eigenvalue weighted by atomic mass is 10.3. The molecule has 0 saturated carbocycles. The van der Waals surface area contributed by atoms with Crippen molar-refractivity contribution in [1.82, 2.24) is 0 Å². The zero-order valence-corrected chi connectivity index (χ0v) is 6.78. The van der Waals surface area contributed by atoms with Gasteiger partial charge in [-0.1, -0.05) is 0 Å². The molecule has 12 heavy (non-hydrogen) atoms. The van der Waals surface area contributed by atoms with E-state index in [1.165, 1.54) is 0 Å². The van der Waals surface area contributed by atoms with Gasteiger partial charge in [0.1, 0.15) is 12.6 Å². The van der Waals surface area contributed by atoms with Gasteiger partial charge in [0, 0.05) is 0 Å². The van der Waals surface area contributed by atoms with Crippen LogP contribution in [0.3, 0.4) is 0 Å². The van der Waals surface area contributed by atoms with Gasteiger partial charge in [-0.15, -0.1) is 0 Å². The SMILES string of the molecule is CCOC(=O)OCC(N)C(N)=O. The summed E-state index contributed by atoms with van der Waals surface area (Å²) in [6.45, 7) is 1.59. The second-order valence-corrected chi connectivity index (χ2v) is 2.00. The standard InChI is InChI=1S/C6H12N2O4/c1-2-11-6(10)12-3-4(7)5(8)9/h4H,2-3,7H2,1H3,(H2,8,9). The summed E-state index contributed by atoms with van der Waals surface area (Å²) in [5, 5.41) is 0. The van der Waals surface area contributed by atoms with E-state index in [1.54, 1.807) is 6.92 Å². The van der Waals surface area contributed by atoms with Gasteiger partial charge < -0.3 is 20.9 Å². The van der Waals surface area contributed by atoms with Crippen LogP contribution in [-0.2, 0) is 14.3 Å². The summed E-state index contributed by atoms with van der Waals surface area (Å²) < 4.78 is 8.82. The van der Waals surface area contributed by atoms with Crippen LogP contribution in [0.15, 0.2) is 0 Å². The third-order valence-electron chi connectivity index (χ3n) is 1.01. The lowest BCUT2D eigenvalue weighted by molar-refractivity contribution is -0.120. The molecule has 0 saturated heterocycles. The quantitative estimate of drug-likeness (QED) is 0.533. The Kier molecular flexibility index (Phi) is 4.78. The summed E-state index contributed by atoms with van der Waals surface area (Å²) in [5.74, 6) is -0.723. The Labute approximate surface area is 69.8 Å². The van der Waals surface area contributed by atoms with E-state index >= 15 is 0 Å². The van der Waals surface area contributed by atoms with Gasteiger partial charge >= 0.3 is 6.16 Å². The van der Waals surface area contributed by atoms with Gasteiger partial charge in [0.15, 0.2) is 0 Å². The molecule has 1 unspecified atom stereocenters. The van der Waals surface area contributed by atoms with Gasteiger partial charge in [0.05, 0.1) is 6.61 Å². The van der Waals surface area contributed by atoms with Gasteiger partial charge in [-0.3, -0.25) is 4.79 Å². The normalized spacial score (nSPS) is 11.8. The van der Waals surface area contributed by atoms with Crippen LogP contribution >= 0.6 is 0 Å². The molecule has 0 spiro atoms. The van der Waals surface area contributed by atoms with Crippen LogP contribution in [0.4, 0.5) is 4.79 Å². The van der Waals surface area contributed by atoms with E-state index in [0.29, 0.717) is 0 Å². The zero-order chi connectivity index (χ0) is 9.56. The Balaban J connectivity index is 3.54. The molecule has 0 fully saturated rings. The smallest absolute Gasteiger partial charge is 0.435 e. The topological polar surface area (TPSA) is 105 Å². The van der Waals surface area contributed by atoms with Gasteiger partial charge in [-0.2, -0.15) is 0 Å². The van der Waals surface area contributed by atoms with Gasteiger partial charge in [0.2, 0.25) is 5.91 Å². The maximum atomic E-state index is 10.5. The molecule has 6 heteroatoms. The van der Waals surface area contributed by atoms with Crippen molar-refractivity contribution in [3.8, 4) is 0 Å². The summed E-state index contributed by atoms with van der Waals surface area (Å²) in [6, 6.07) is -0.977. The monoisotopic (exact) mass is 176 g/mol. The number of primary amides is 1. The van der Waals surface area contributed by atoms with Crippen LogP contribution in [0.5, 0.6) is 0 Å². The van der Waals surface area contributed by atoms with E-state index in [9.17, 15) is 9.59 Å². The highest BCUT2D eigenvalue weighted by Gasteiger charge is 2.12. The Morgan fingerprint density at radius 1 is 1.42 bits per heavy atom. The molecule has 6 nitrogen and oxygen atoms in total. The van der Waals surface area contributed by atoms with Crippen LogP contribution < -0.4 is 11.5 Å². The number of carbonyl (C=O) groups is 2. The lowest BCUT2D eigenvalue weighted by Gasteiger charge is -2.07. The van der Waals surface area contributed by atoms with Crippen molar-refractivity contribution in [3.05, 3.63) is 0 Å². The molecule has 0 aromatic heterocycles. The predicted octanol–water partition coefficient (Wildman–Crippen LogP) is -1.03. The van der Waals surface area contributed by atoms with Crippen molar-refractivity contribution in [2.75, 3.05) is 13.2 Å². The molecular weight excluding hydrogens is 164 g/mol. The van der Waals surface area contributed by atoms with Crippen LogP contribution in [0.2, 0.25) is 0 Å². The highest BCUT2D eigenvalue weighted by Crippen LogP contribution is 1.86. The van der Waals surface area contributed by atoms with E-state index in [-0.39, 0.29) is 13.2 Å². The second-order valence-electron chi connectivity index (χ2n) is 2.00. The van der Waals surface area contributed by atoms with Gasteiger partial charge in [-0.25, -0.2) is 4.79 Å². The first-order valence-corrected chi connectivity index (χ1v) is 3.42. The van der Waals surface area contributed by atoms with Crippen molar-refractivity contribution >= 4 is 12.1 Å². The van der Waals surface area contributed by atoms with Gasteiger partial charge in [0.25, 0.3) is 0 Å². The fourth-order valence-electron chi connectivity index (χ4n) is 0.399. The molecule has 0 bridgehead atoms. The van der Waals surface area contributed by atoms with Crippen molar-refractivity contribution in [2.24, 2.45) is 11.5 Å². The summed E-state index contributed by atoms with van der Waals surface area (Å²) in [4.78, 5) is 20.9. The summed E-state index contributed by atoms with van der Waals surface area (Å²) >= 11 is 0. The van der Waals surface area contributed by atoms with E-state index in [2.05, 4.69) is 9.47 Å². The zero-order valence-electron chi connectivity index (χ0n) is 6.78. The highest BCUT2D eigenvalue weighted by molar-refractivity contribution is 5.79. The molecule has 0 rings (SSSR count). The Bertz CT molecular complexity index is 171. The summed E-state index contributed by atoms with van der Waals surface area (Å²) in [5.41, 5.74) is 9.95. The van der Waals surface area contributed by atoms with Crippen LogP contribution in [0.1, 0.15) is 6.92 Å². The minimum absolute atomic E-state index is 0.213. The number of hydrogen-bond acceptors (Lipinski definition) is 5. The van der Waals surface area contributed by atoms with E-state index in [1.807, 2.05) is 0 Å². The number of nitrogens with two attached hydrogens (primary N) is 2. The average Bonchev–Trinajstić information content (AvgIpc) is 2.00. The first-order valence-electron chi connectivity index (χ1n) is 3.42. The first-order chi connectivity index (χ1) is 5.57. The molecule has 0 aliphatic rings. The number of rotatable bonds is 4. The first kappa shape index (κ1) is 10.7. The third-order valence-corrected chi connectivity index (χ3v) is 1.01. The van der Waals surface area contributed by atoms with E-state index in [0.717, 1.165) is 0 Å². The molecular formula is C6H12N2O4. The molecule has 0 aromatic rings. The molecule has 0 aromatic carbocycles.